The highest BCUT2D eigenvalue weighted by Gasteiger charge is 2.22. The maximum absolute atomic E-state index is 13.4. The van der Waals surface area contributed by atoms with Crippen LogP contribution in [0.1, 0.15) is 0 Å². The molecule has 14 heteroatoms. The maximum atomic E-state index is 13.4. The Morgan fingerprint density at radius 1 is 0.536 bits per heavy atom. The molecule has 2 aromatic rings. The average molecular weight is 414 g/mol. The van der Waals surface area contributed by atoms with Crippen LogP contribution in [0, 0.1) is 46.5 Å². The summed E-state index contributed by atoms with van der Waals surface area (Å²) < 4.78 is 104. The van der Waals surface area contributed by atoms with Gasteiger partial charge in [0.05, 0.1) is 11.4 Å². The Morgan fingerprint density at radius 2 is 0.857 bits per heavy atom. The first-order valence-electron chi connectivity index (χ1n) is 6.82. The quantitative estimate of drug-likeness (QED) is 0.204. The van der Waals surface area contributed by atoms with E-state index in [4.69, 9.17) is 0 Å². The second-order valence-corrected chi connectivity index (χ2v) is 4.85. The van der Waals surface area contributed by atoms with Crippen molar-refractivity contribution < 1.29 is 44.7 Å². The average Bonchev–Trinajstić information content (AvgIpc) is 2.67. The van der Waals surface area contributed by atoms with Crippen molar-refractivity contribution in [1.29, 1.82) is 0 Å². The zero-order valence-corrected chi connectivity index (χ0v) is 13.0. The molecule has 0 unspecified atom stereocenters. The van der Waals surface area contributed by atoms with Crippen molar-refractivity contribution in [2.45, 2.75) is 0 Å². The minimum atomic E-state index is -2.20. The fraction of sp³-hybridized carbons (Fsp3) is 0. The lowest BCUT2D eigenvalue weighted by Gasteiger charge is -2.12. The molecule has 0 saturated heterocycles. The summed E-state index contributed by atoms with van der Waals surface area (Å²) in [6.45, 7) is 0. The Labute approximate surface area is 149 Å². The fourth-order valence-electron chi connectivity index (χ4n) is 1.69. The standard InChI is InChI=1S/C14H6F8N4O2/c15-3-1-5(9(19)11(21)7(3)17)23-25-13(27)14(28)26-24-6-2-4(16)8(18)12(22)10(6)20/h1-2,23-24H,(H,25,27)(H,26,28). The first-order chi connectivity index (χ1) is 13.0. The van der Waals surface area contributed by atoms with Crippen LogP contribution in [0.4, 0.5) is 46.5 Å². The molecule has 4 N–H and O–H groups in total. The molecule has 0 heterocycles. The van der Waals surface area contributed by atoms with Gasteiger partial charge >= 0.3 is 11.8 Å². The fourth-order valence-corrected chi connectivity index (χ4v) is 1.69. The van der Waals surface area contributed by atoms with Crippen LogP contribution in [0.15, 0.2) is 12.1 Å². The van der Waals surface area contributed by atoms with Gasteiger partial charge in [0.25, 0.3) is 0 Å². The molecule has 2 amide bonds. The van der Waals surface area contributed by atoms with E-state index in [-0.39, 0.29) is 12.1 Å². The van der Waals surface area contributed by atoms with E-state index in [9.17, 15) is 44.7 Å². The summed E-state index contributed by atoms with van der Waals surface area (Å²) >= 11 is 0. The van der Waals surface area contributed by atoms with E-state index in [0.29, 0.717) is 0 Å². The molecule has 0 atom stereocenters. The highest BCUT2D eigenvalue weighted by atomic mass is 19.2. The predicted octanol–water partition coefficient (Wildman–Crippen LogP) is 2.39. The van der Waals surface area contributed by atoms with Crippen LogP contribution in [0.25, 0.3) is 0 Å². The van der Waals surface area contributed by atoms with Crippen LogP contribution in [0.5, 0.6) is 0 Å². The summed E-state index contributed by atoms with van der Waals surface area (Å²) in [5.41, 5.74) is 3.92. The third-order valence-corrected chi connectivity index (χ3v) is 3.03. The molecule has 28 heavy (non-hydrogen) atoms. The van der Waals surface area contributed by atoms with Gasteiger partial charge in [-0.25, -0.2) is 35.1 Å². The Balaban J connectivity index is 2.01. The summed E-state index contributed by atoms with van der Waals surface area (Å²) in [7, 11) is 0. The molecule has 0 bridgehead atoms. The molecule has 0 saturated carbocycles. The zero-order valence-electron chi connectivity index (χ0n) is 13.0. The van der Waals surface area contributed by atoms with Gasteiger partial charge in [0, 0.05) is 12.1 Å². The van der Waals surface area contributed by atoms with E-state index in [1.54, 1.807) is 10.9 Å². The molecule has 0 fully saturated rings. The van der Waals surface area contributed by atoms with Crippen molar-refractivity contribution in [3.05, 3.63) is 58.7 Å². The molecule has 0 aromatic heterocycles. The summed E-state index contributed by atoms with van der Waals surface area (Å²) in [6, 6.07) is 0.257. The number of amides is 2. The van der Waals surface area contributed by atoms with Gasteiger partial charge in [-0.15, -0.1) is 0 Å². The highest BCUT2D eigenvalue weighted by molar-refractivity contribution is 6.35. The van der Waals surface area contributed by atoms with Gasteiger partial charge < -0.3 is 0 Å². The third kappa shape index (κ3) is 4.05. The van der Waals surface area contributed by atoms with Crippen molar-refractivity contribution >= 4 is 23.2 Å². The first kappa shape index (κ1) is 20.7. The monoisotopic (exact) mass is 414 g/mol. The molecule has 2 rings (SSSR count). The summed E-state index contributed by atoms with van der Waals surface area (Å²) in [5.74, 6) is -19.4. The van der Waals surface area contributed by atoms with Gasteiger partial charge in [0.2, 0.25) is 0 Å². The van der Waals surface area contributed by atoms with E-state index in [0.717, 1.165) is 0 Å². The van der Waals surface area contributed by atoms with Crippen molar-refractivity contribution in [3.63, 3.8) is 0 Å². The van der Waals surface area contributed by atoms with Gasteiger partial charge in [-0.05, 0) is 0 Å². The molecule has 0 aliphatic carbocycles. The SMILES string of the molecule is O=C(NNc1cc(F)c(F)c(F)c1F)C(=O)NNc1cc(F)c(F)c(F)c1F. The molecule has 0 radical (unpaired) electrons. The summed E-state index contributed by atoms with van der Waals surface area (Å²) in [5, 5.41) is 0. The number of nitrogens with one attached hydrogen (secondary N) is 4. The number of carbonyl (C=O) groups excluding carboxylic acids is 2. The smallest absolute Gasteiger partial charge is 0.295 e. The van der Waals surface area contributed by atoms with Gasteiger partial charge in [-0.2, -0.15) is 0 Å². The Bertz CT molecular complexity index is 892. The molecular formula is C14H6F8N4O2. The van der Waals surface area contributed by atoms with Crippen LogP contribution in [0.3, 0.4) is 0 Å². The number of rotatable bonds is 4. The zero-order chi connectivity index (χ0) is 21.2. The number of carbonyl (C=O) groups is 2. The van der Waals surface area contributed by atoms with E-state index < -0.39 is 69.7 Å². The molecular weight excluding hydrogens is 408 g/mol. The molecule has 0 spiro atoms. The number of hydrazine groups is 2. The van der Waals surface area contributed by atoms with Crippen molar-refractivity contribution in [1.82, 2.24) is 10.9 Å². The molecule has 0 aliphatic heterocycles. The van der Waals surface area contributed by atoms with Gasteiger partial charge in [0.15, 0.2) is 46.5 Å². The second-order valence-electron chi connectivity index (χ2n) is 4.85. The highest BCUT2D eigenvalue weighted by Crippen LogP contribution is 2.23. The van der Waals surface area contributed by atoms with Crippen LogP contribution in [0.2, 0.25) is 0 Å². The lowest BCUT2D eigenvalue weighted by molar-refractivity contribution is -0.138. The second kappa shape index (κ2) is 7.98. The predicted molar refractivity (Wildman–Crippen MR) is 76.1 cm³/mol. The number of hydrogen-bond acceptors (Lipinski definition) is 4. The van der Waals surface area contributed by atoms with Gasteiger partial charge in [-0.1, -0.05) is 0 Å². The van der Waals surface area contributed by atoms with E-state index in [1.165, 1.54) is 10.9 Å². The lowest BCUT2D eigenvalue weighted by atomic mass is 10.2. The van der Waals surface area contributed by atoms with Gasteiger partial charge in [0.1, 0.15) is 0 Å². The summed E-state index contributed by atoms with van der Waals surface area (Å²) in [4.78, 5) is 22.9. The van der Waals surface area contributed by atoms with E-state index in [2.05, 4.69) is 0 Å². The largest absolute Gasteiger partial charge is 0.329 e. The Kier molecular flexibility index (Phi) is 5.90. The molecule has 2 aromatic carbocycles. The number of hydrogen-bond donors (Lipinski definition) is 4. The first-order valence-corrected chi connectivity index (χ1v) is 6.82. The van der Waals surface area contributed by atoms with Crippen LogP contribution in [-0.2, 0) is 9.59 Å². The Morgan fingerprint density at radius 3 is 1.18 bits per heavy atom. The Hall–Kier alpha value is -3.58. The van der Waals surface area contributed by atoms with Crippen molar-refractivity contribution in [3.8, 4) is 0 Å². The van der Waals surface area contributed by atoms with Crippen LogP contribution < -0.4 is 21.7 Å². The topological polar surface area (TPSA) is 82.3 Å². The maximum Gasteiger partial charge on any atom is 0.329 e. The molecule has 150 valence electrons. The van der Waals surface area contributed by atoms with E-state index in [1.807, 2.05) is 0 Å². The van der Waals surface area contributed by atoms with Gasteiger partial charge in [-0.3, -0.25) is 31.3 Å². The minimum Gasteiger partial charge on any atom is -0.295 e. The van der Waals surface area contributed by atoms with E-state index >= 15 is 0 Å². The minimum absolute atomic E-state index is 0.129. The molecule has 0 aliphatic rings. The number of halogens is 8. The van der Waals surface area contributed by atoms with Crippen LogP contribution in [-0.4, -0.2) is 11.8 Å². The van der Waals surface area contributed by atoms with Crippen molar-refractivity contribution in [2.75, 3.05) is 10.9 Å². The lowest BCUT2D eigenvalue weighted by Crippen LogP contribution is -2.44. The summed E-state index contributed by atoms with van der Waals surface area (Å²) in [6.07, 6.45) is 0. The van der Waals surface area contributed by atoms with Crippen LogP contribution >= 0.6 is 0 Å². The van der Waals surface area contributed by atoms with Crippen molar-refractivity contribution in [2.24, 2.45) is 0 Å². The normalized spacial score (nSPS) is 10.4. The molecule has 6 nitrogen and oxygen atoms in total. The third-order valence-electron chi connectivity index (χ3n) is 3.03. The number of benzene rings is 2. The number of anilines is 2.